The summed E-state index contributed by atoms with van der Waals surface area (Å²) in [7, 11) is 0. The molecule has 0 bridgehead atoms. The molecular formula is C11H14OS. The van der Waals surface area contributed by atoms with E-state index in [9.17, 15) is 0 Å². The highest BCUT2D eigenvalue weighted by molar-refractivity contribution is 7.81. The van der Waals surface area contributed by atoms with Gasteiger partial charge in [0.2, 0.25) is 0 Å². The first kappa shape index (κ1) is 9.10. The Kier molecular flexibility index (Phi) is 2.12. The van der Waals surface area contributed by atoms with E-state index in [1.54, 1.807) is 0 Å². The van der Waals surface area contributed by atoms with Gasteiger partial charge in [0.25, 0.3) is 0 Å². The van der Waals surface area contributed by atoms with Gasteiger partial charge in [-0.05, 0) is 25.0 Å². The van der Waals surface area contributed by atoms with Crippen LogP contribution in [0.3, 0.4) is 0 Å². The molecule has 1 aliphatic heterocycles. The second-order valence-corrected chi connectivity index (χ2v) is 4.70. The molecule has 1 saturated heterocycles. The fraction of sp³-hybridized carbons (Fsp3) is 0.455. The molecule has 0 aromatic heterocycles. The highest BCUT2D eigenvalue weighted by atomic mass is 32.1. The predicted molar refractivity (Wildman–Crippen MR) is 57.4 cm³/mol. The van der Waals surface area contributed by atoms with Gasteiger partial charge >= 0.3 is 0 Å². The Morgan fingerprint density at radius 3 is 2.54 bits per heavy atom. The van der Waals surface area contributed by atoms with E-state index in [2.05, 4.69) is 44.7 Å². The van der Waals surface area contributed by atoms with Gasteiger partial charge in [0.1, 0.15) is 0 Å². The third-order valence-corrected chi connectivity index (χ3v) is 3.08. The van der Waals surface area contributed by atoms with Crippen molar-refractivity contribution in [1.29, 1.82) is 0 Å². The first-order valence-corrected chi connectivity index (χ1v) is 4.94. The first-order valence-electron chi connectivity index (χ1n) is 4.50. The zero-order chi connectivity index (χ0) is 9.47. The Balaban J connectivity index is 2.43. The monoisotopic (exact) mass is 194 g/mol. The van der Waals surface area contributed by atoms with Gasteiger partial charge in [-0.15, -0.1) is 0 Å². The van der Waals surface area contributed by atoms with E-state index in [1.807, 2.05) is 0 Å². The Bertz CT molecular complexity index is 329. The molecule has 0 radical (unpaired) electrons. The number of rotatable bonds is 1. The van der Waals surface area contributed by atoms with Crippen LogP contribution in [-0.2, 0) is 9.48 Å². The van der Waals surface area contributed by atoms with Crippen LogP contribution in [0.2, 0.25) is 0 Å². The van der Waals surface area contributed by atoms with Crippen LogP contribution in [0.25, 0.3) is 0 Å². The van der Waals surface area contributed by atoms with Crippen LogP contribution in [-0.4, -0.2) is 13.2 Å². The summed E-state index contributed by atoms with van der Waals surface area (Å²) in [6.07, 6.45) is 0. The van der Waals surface area contributed by atoms with Crippen molar-refractivity contribution >= 4 is 12.6 Å². The normalized spacial score (nSPS) is 19.6. The number of benzene rings is 1. The Morgan fingerprint density at radius 2 is 2.00 bits per heavy atom. The topological polar surface area (TPSA) is 9.23 Å². The fourth-order valence-electron chi connectivity index (χ4n) is 1.69. The summed E-state index contributed by atoms with van der Waals surface area (Å²) in [6.45, 7) is 5.71. The van der Waals surface area contributed by atoms with E-state index < -0.39 is 0 Å². The molecule has 1 aromatic carbocycles. The van der Waals surface area contributed by atoms with Crippen LogP contribution in [0, 0.1) is 13.8 Å². The molecule has 0 unspecified atom stereocenters. The standard InChI is InChI=1S/C11H14OS/c1-8-3-4-9(2)10(5-8)11(13)6-12-7-11/h3-5,13H,6-7H2,1-2H3. The van der Waals surface area contributed by atoms with Crippen LogP contribution < -0.4 is 0 Å². The van der Waals surface area contributed by atoms with Crippen molar-refractivity contribution < 1.29 is 4.74 Å². The maximum absolute atomic E-state index is 5.21. The van der Waals surface area contributed by atoms with E-state index in [4.69, 9.17) is 4.74 Å². The molecule has 0 atom stereocenters. The maximum Gasteiger partial charge on any atom is 0.0847 e. The number of thiol groups is 1. The van der Waals surface area contributed by atoms with Crippen molar-refractivity contribution in [2.75, 3.05) is 13.2 Å². The van der Waals surface area contributed by atoms with Crippen LogP contribution in [0.15, 0.2) is 18.2 Å². The minimum atomic E-state index is -0.0316. The zero-order valence-electron chi connectivity index (χ0n) is 8.00. The summed E-state index contributed by atoms with van der Waals surface area (Å²) >= 11 is 4.65. The van der Waals surface area contributed by atoms with Crippen molar-refractivity contribution in [3.05, 3.63) is 34.9 Å². The van der Waals surface area contributed by atoms with Gasteiger partial charge in [-0.3, -0.25) is 0 Å². The highest BCUT2D eigenvalue weighted by Crippen LogP contribution is 2.38. The molecule has 0 aliphatic carbocycles. The Labute approximate surface area is 84.5 Å². The molecule has 1 fully saturated rings. The average molecular weight is 194 g/mol. The number of aryl methyl sites for hydroxylation is 2. The fourth-order valence-corrected chi connectivity index (χ4v) is 2.11. The van der Waals surface area contributed by atoms with E-state index in [0.29, 0.717) is 0 Å². The molecule has 1 nitrogen and oxygen atoms in total. The lowest BCUT2D eigenvalue weighted by Crippen LogP contribution is -2.42. The molecule has 0 spiro atoms. The van der Waals surface area contributed by atoms with Gasteiger partial charge in [-0.1, -0.05) is 23.8 Å². The van der Waals surface area contributed by atoms with Crippen molar-refractivity contribution in [3.8, 4) is 0 Å². The summed E-state index contributed by atoms with van der Waals surface area (Å²) in [4.78, 5) is 0. The lowest BCUT2D eigenvalue weighted by Gasteiger charge is -2.38. The summed E-state index contributed by atoms with van der Waals surface area (Å²) in [5, 5.41) is 0. The van der Waals surface area contributed by atoms with E-state index >= 15 is 0 Å². The smallest absolute Gasteiger partial charge is 0.0847 e. The molecule has 1 heterocycles. The van der Waals surface area contributed by atoms with Gasteiger partial charge in [0.05, 0.1) is 18.0 Å². The molecule has 0 amide bonds. The molecule has 13 heavy (non-hydrogen) atoms. The Hall–Kier alpha value is -0.470. The molecule has 2 heteroatoms. The van der Waals surface area contributed by atoms with Crippen LogP contribution >= 0.6 is 12.6 Å². The molecule has 70 valence electrons. The van der Waals surface area contributed by atoms with Crippen LogP contribution in [0.1, 0.15) is 16.7 Å². The average Bonchev–Trinajstić information content (AvgIpc) is 2.05. The summed E-state index contributed by atoms with van der Waals surface area (Å²) < 4.78 is 5.18. The van der Waals surface area contributed by atoms with Gasteiger partial charge in [-0.25, -0.2) is 0 Å². The lowest BCUT2D eigenvalue weighted by molar-refractivity contribution is -0.00997. The molecule has 2 rings (SSSR count). The largest absolute Gasteiger partial charge is 0.378 e. The summed E-state index contributed by atoms with van der Waals surface area (Å²) in [5.41, 5.74) is 3.92. The first-order chi connectivity index (χ1) is 6.12. The van der Waals surface area contributed by atoms with E-state index in [1.165, 1.54) is 16.7 Å². The zero-order valence-corrected chi connectivity index (χ0v) is 8.90. The summed E-state index contributed by atoms with van der Waals surface area (Å²) in [6, 6.07) is 6.50. The van der Waals surface area contributed by atoms with Crippen molar-refractivity contribution in [2.45, 2.75) is 18.6 Å². The summed E-state index contributed by atoms with van der Waals surface area (Å²) in [5.74, 6) is 0. The van der Waals surface area contributed by atoms with Crippen molar-refractivity contribution in [1.82, 2.24) is 0 Å². The predicted octanol–water partition coefficient (Wildman–Crippen LogP) is 2.46. The van der Waals surface area contributed by atoms with Crippen molar-refractivity contribution in [3.63, 3.8) is 0 Å². The van der Waals surface area contributed by atoms with Crippen molar-refractivity contribution in [2.24, 2.45) is 0 Å². The Morgan fingerprint density at radius 1 is 1.31 bits per heavy atom. The second kappa shape index (κ2) is 3.03. The van der Waals surface area contributed by atoms with Gasteiger partial charge < -0.3 is 4.74 Å². The van der Waals surface area contributed by atoms with Gasteiger partial charge in [0.15, 0.2) is 0 Å². The van der Waals surface area contributed by atoms with E-state index in [0.717, 1.165) is 13.2 Å². The highest BCUT2D eigenvalue weighted by Gasteiger charge is 2.37. The second-order valence-electron chi connectivity index (χ2n) is 3.84. The number of ether oxygens (including phenoxy) is 1. The lowest BCUT2D eigenvalue weighted by atomic mass is 9.91. The van der Waals surface area contributed by atoms with Crippen LogP contribution in [0.4, 0.5) is 0 Å². The molecule has 1 aliphatic rings. The quantitative estimate of drug-likeness (QED) is 0.676. The number of hydrogen-bond acceptors (Lipinski definition) is 2. The number of hydrogen-bond donors (Lipinski definition) is 1. The maximum atomic E-state index is 5.21. The minimum Gasteiger partial charge on any atom is -0.378 e. The molecule has 0 N–H and O–H groups in total. The van der Waals surface area contributed by atoms with Gasteiger partial charge in [0, 0.05) is 0 Å². The molecule has 1 aromatic rings. The molecule has 0 saturated carbocycles. The third-order valence-electron chi connectivity index (χ3n) is 2.58. The van der Waals surface area contributed by atoms with Crippen LogP contribution in [0.5, 0.6) is 0 Å². The molecular weight excluding hydrogens is 180 g/mol. The SMILES string of the molecule is Cc1ccc(C)c(C2(S)COC2)c1. The van der Waals surface area contributed by atoms with Gasteiger partial charge in [-0.2, -0.15) is 12.6 Å². The minimum absolute atomic E-state index is 0.0316. The third kappa shape index (κ3) is 1.49. The van der Waals surface area contributed by atoms with E-state index in [-0.39, 0.29) is 4.75 Å².